The Morgan fingerprint density at radius 3 is 2.95 bits per heavy atom. The Morgan fingerprint density at radius 2 is 2.15 bits per heavy atom. The SMILES string of the molecule is COc1cc(NC2CCc3c(F)cccc32)ccc1Br. The van der Waals surface area contributed by atoms with E-state index in [1.165, 1.54) is 6.07 Å². The average molecular weight is 336 g/mol. The van der Waals surface area contributed by atoms with Crippen molar-refractivity contribution in [2.45, 2.75) is 18.9 Å². The van der Waals surface area contributed by atoms with Gasteiger partial charge in [0.25, 0.3) is 0 Å². The van der Waals surface area contributed by atoms with Gasteiger partial charge in [0.15, 0.2) is 0 Å². The van der Waals surface area contributed by atoms with Crippen LogP contribution in [0.25, 0.3) is 0 Å². The van der Waals surface area contributed by atoms with E-state index < -0.39 is 0 Å². The summed E-state index contributed by atoms with van der Waals surface area (Å²) >= 11 is 3.44. The van der Waals surface area contributed by atoms with Crippen molar-refractivity contribution in [1.82, 2.24) is 0 Å². The second-order valence-corrected chi connectivity index (χ2v) is 5.75. The van der Waals surface area contributed by atoms with Gasteiger partial charge in [-0.2, -0.15) is 0 Å². The standard InChI is InChI=1S/C16H15BrFNO/c1-20-16-9-10(5-7-13(16)17)19-15-8-6-11-12(15)3-2-4-14(11)18/h2-5,7,9,15,19H,6,8H2,1H3. The summed E-state index contributed by atoms with van der Waals surface area (Å²) in [6.07, 6.45) is 1.70. The maximum atomic E-state index is 13.7. The van der Waals surface area contributed by atoms with Crippen molar-refractivity contribution in [2.24, 2.45) is 0 Å². The average Bonchev–Trinajstić information content (AvgIpc) is 2.86. The zero-order valence-corrected chi connectivity index (χ0v) is 12.7. The fourth-order valence-corrected chi connectivity index (χ4v) is 3.12. The normalized spacial score (nSPS) is 16.9. The topological polar surface area (TPSA) is 21.3 Å². The van der Waals surface area contributed by atoms with E-state index in [1.807, 2.05) is 24.3 Å². The lowest BCUT2D eigenvalue weighted by molar-refractivity contribution is 0.412. The minimum atomic E-state index is -0.0970. The van der Waals surface area contributed by atoms with Gasteiger partial charge in [-0.3, -0.25) is 0 Å². The number of anilines is 1. The third-order valence-corrected chi connectivity index (χ3v) is 4.36. The molecule has 0 bridgehead atoms. The molecule has 0 amide bonds. The van der Waals surface area contributed by atoms with Crippen LogP contribution in [0.15, 0.2) is 40.9 Å². The number of nitrogens with one attached hydrogen (secondary N) is 1. The Balaban J connectivity index is 1.86. The quantitative estimate of drug-likeness (QED) is 0.877. The Hall–Kier alpha value is -1.55. The van der Waals surface area contributed by atoms with Gasteiger partial charge in [-0.1, -0.05) is 12.1 Å². The summed E-state index contributed by atoms with van der Waals surface area (Å²) in [5.74, 6) is 0.688. The van der Waals surface area contributed by atoms with E-state index in [4.69, 9.17) is 4.74 Å². The summed E-state index contributed by atoms with van der Waals surface area (Å²) in [7, 11) is 1.64. The van der Waals surface area contributed by atoms with Crippen LogP contribution in [0.2, 0.25) is 0 Å². The highest BCUT2D eigenvalue weighted by Crippen LogP contribution is 2.36. The summed E-state index contributed by atoms with van der Waals surface area (Å²) in [5.41, 5.74) is 2.88. The predicted octanol–water partition coefficient (Wildman–Crippen LogP) is 4.70. The van der Waals surface area contributed by atoms with Crippen molar-refractivity contribution in [3.63, 3.8) is 0 Å². The molecular formula is C16H15BrFNO. The van der Waals surface area contributed by atoms with Crippen LogP contribution in [-0.2, 0) is 6.42 Å². The molecule has 0 radical (unpaired) electrons. The number of benzene rings is 2. The van der Waals surface area contributed by atoms with Crippen molar-refractivity contribution in [3.8, 4) is 5.75 Å². The molecule has 0 fully saturated rings. The minimum Gasteiger partial charge on any atom is -0.495 e. The lowest BCUT2D eigenvalue weighted by atomic mass is 10.1. The van der Waals surface area contributed by atoms with E-state index in [1.54, 1.807) is 13.2 Å². The van der Waals surface area contributed by atoms with Crippen molar-refractivity contribution >= 4 is 21.6 Å². The monoisotopic (exact) mass is 335 g/mol. The van der Waals surface area contributed by atoms with Crippen LogP contribution < -0.4 is 10.1 Å². The zero-order valence-electron chi connectivity index (χ0n) is 11.1. The lowest BCUT2D eigenvalue weighted by Gasteiger charge is -2.16. The van der Waals surface area contributed by atoms with Gasteiger partial charge < -0.3 is 10.1 Å². The number of ether oxygens (including phenoxy) is 1. The minimum absolute atomic E-state index is 0.0970. The summed E-state index contributed by atoms with van der Waals surface area (Å²) in [4.78, 5) is 0. The molecule has 2 aromatic rings. The number of fused-ring (bicyclic) bond motifs is 1. The number of hydrogen-bond acceptors (Lipinski definition) is 2. The van der Waals surface area contributed by atoms with Gasteiger partial charge in [0.2, 0.25) is 0 Å². The molecule has 104 valence electrons. The molecule has 1 N–H and O–H groups in total. The van der Waals surface area contributed by atoms with Crippen molar-refractivity contribution < 1.29 is 9.13 Å². The molecule has 1 aliphatic rings. The fourth-order valence-electron chi connectivity index (χ4n) is 2.71. The van der Waals surface area contributed by atoms with E-state index in [0.717, 1.165) is 39.9 Å². The number of methoxy groups -OCH3 is 1. The molecular weight excluding hydrogens is 321 g/mol. The first-order valence-electron chi connectivity index (χ1n) is 6.56. The third-order valence-electron chi connectivity index (χ3n) is 3.71. The Bertz CT molecular complexity index is 644. The van der Waals surface area contributed by atoms with E-state index in [0.29, 0.717) is 0 Å². The van der Waals surface area contributed by atoms with Crippen LogP contribution in [0.5, 0.6) is 5.75 Å². The van der Waals surface area contributed by atoms with Gasteiger partial charge in [-0.25, -0.2) is 4.39 Å². The zero-order chi connectivity index (χ0) is 14.1. The first kappa shape index (κ1) is 13.4. The summed E-state index contributed by atoms with van der Waals surface area (Å²) in [6.45, 7) is 0. The van der Waals surface area contributed by atoms with Gasteiger partial charge in [-0.15, -0.1) is 0 Å². The van der Waals surface area contributed by atoms with Crippen LogP contribution in [0.3, 0.4) is 0 Å². The Kier molecular flexibility index (Phi) is 3.66. The third kappa shape index (κ3) is 2.40. The molecule has 2 nitrogen and oxygen atoms in total. The number of rotatable bonds is 3. The maximum Gasteiger partial charge on any atom is 0.135 e. The molecule has 0 spiro atoms. The van der Waals surface area contributed by atoms with E-state index in [9.17, 15) is 4.39 Å². The van der Waals surface area contributed by atoms with E-state index >= 15 is 0 Å². The highest BCUT2D eigenvalue weighted by Gasteiger charge is 2.24. The molecule has 4 heteroatoms. The van der Waals surface area contributed by atoms with Crippen LogP contribution >= 0.6 is 15.9 Å². The van der Waals surface area contributed by atoms with E-state index in [2.05, 4.69) is 21.2 Å². The molecule has 1 aliphatic carbocycles. The molecule has 1 unspecified atom stereocenters. The molecule has 0 saturated heterocycles. The molecule has 0 aromatic heterocycles. The summed E-state index contributed by atoms with van der Waals surface area (Å²) < 4.78 is 19.9. The second kappa shape index (κ2) is 5.44. The molecule has 2 aromatic carbocycles. The first-order chi connectivity index (χ1) is 9.69. The Morgan fingerprint density at radius 1 is 1.30 bits per heavy atom. The largest absolute Gasteiger partial charge is 0.495 e. The molecule has 0 heterocycles. The Labute approximate surface area is 126 Å². The molecule has 0 saturated carbocycles. The van der Waals surface area contributed by atoms with Crippen LogP contribution in [0.4, 0.5) is 10.1 Å². The van der Waals surface area contributed by atoms with Crippen LogP contribution in [-0.4, -0.2) is 7.11 Å². The molecule has 0 aliphatic heterocycles. The number of hydrogen-bond donors (Lipinski definition) is 1. The van der Waals surface area contributed by atoms with Gasteiger partial charge in [-0.05, 0) is 58.1 Å². The van der Waals surface area contributed by atoms with Gasteiger partial charge in [0, 0.05) is 11.8 Å². The predicted molar refractivity (Wildman–Crippen MR) is 81.8 cm³/mol. The highest BCUT2D eigenvalue weighted by atomic mass is 79.9. The van der Waals surface area contributed by atoms with Gasteiger partial charge in [0.05, 0.1) is 17.6 Å². The van der Waals surface area contributed by atoms with Crippen molar-refractivity contribution in [1.29, 1.82) is 0 Å². The second-order valence-electron chi connectivity index (χ2n) is 4.89. The lowest BCUT2D eigenvalue weighted by Crippen LogP contribution is -2.07. The smallest absolute Gasteiger partial charge is 0.135 e. The highest BCUT2D eigenvalue weighted by molar-refractivity contribution is 9.10. The first-order valence-corrected chi connectivity index (χ1v) is 7.35. The van der Waals surface area contributed by atoms with Gasteiger partial charge >= 0.3 is 0 Å². The van der Waals surface area contributed by atoms with E-state index in [-0.39, 0.29) is 11.9 Å². The summed E-state index contributed by atoms with van der Waals surface area (Å²) in [6, 6.07) is 11.3. The number of halogens is 2. The summed E-state index contributed by atoms with van der Waals surface area (Å²) in [5, 5.41) is 3.46. The fraction of sp³-hybridized carbons (Fsp3) is 0.250. The van der Waals surface area contributed by atoms with Crippen LogP contribution in [0.1, 0.15) is 23.6 Å². The molecule has 1 atom stereocenters. The maximum absolute atomic E-state index is 13.7. The van der Waals surface area contributed by atoms with Crippen molar-refractivity contribution in [3.05, 3.63) is 57.8 Å². The molecule has 20 heavy (non-hydrogen) atoms. The van der Waals surface area contributed by atoms with Crippen molar-refractivity contribution in [2.75, 3.05) is 12.4 Å². The van der Waals surface area contributed by atoms with Crippen LogP contribution in [0, 0.1) is 5.82 Å². The molecule has 3 rings (SSSR count). The van der Waals surface area contributed by atoms with Gasteiger partial charge in [0.1, 0.15) is 11.6 Å².